The summed E-state index contributed by atoms with van der Waals surface area (Å²) in [4.78, 5) is 18.6. The van der Waals surface area contributed by atoms with Crippen LogP contribution in [0.1, 0.15) is 31.6 Å². The smallest absolute Gasteiger partial charge is 0.247 e. The van der Waals surface area contributed by atoms with Crippen LogP contribution in [0.2, 0.25) is 0 Å². The fraction of sp³-hybridized carbons (Fsp3) is 0.238. The van der Waals surface area contributed by atoms with Crippen LogP contribution in [0.4, 0.5) is 18.9 Å². The van der Waals surface area contributed by atoms with Crippen molar-refractivity contribution in [1.82, 2.24) is 15.2 Å². The van der Waals surface area contributed by atoms with E-state index in [0.717, 1.165) is 6.07 Å². The van der Waals surface area contributed by atoms with E-state index in [1.165, 1.54) is 47.0 Å². The minimum atomic E-state index is -1.38. The van der Waals surface area contributed by atoms with Crippen LogP contribution in [-0.2, 0) is 4.79 Å². The Bertz CT molecular complexity index is 1160. The second-order valence-electron chi connectivity index (χ2n) is 6.74. The summed E-state index contributed by atoms with van der Waals surface area (Å²) < 4.78 is 49.0. The van der Waals surface area contributed by atoms with Gasteiger partial charge in [0.05, 0.1) is 11.3 Å². The highest BCUT2D eigenvalue weighted by atomic mass is 32.2. The molecule has 1 atom stereocenters. The minimum absolute atomic E-state index is 0.0633. The van der Waals surface area contributed by atoms with Crippen LogP contribution in [0.25, 0.3) is 11.3 Å². The van der Waals surface area contributed by atoms with Gasteiger partial charge in [-0.15, -0.1) is 10.2 Å². The number of amides is 1. The highest BCUT2D eigenvalue weighted by Crippen LogP contribution is 2.44. The van der Waals surface area contributed by atoms with Crippen LogP contribution in [-0.4, -0.2) is 27.3 Å². The summed E-state index contributed by atoms with van der Waals surface area (Å²) in [6.07, 6.45) is 0.964. The molecule has 31 heavy (non-hydrogen) atoms. The van der Waals surface area contributed by atoms with Gasteiger partial charge in [-0.2, -0.15) is 4.98 Å². The van der Waals surface area contributed by atoms with Gasteiger partial charge in [0.25, 0.3) is 0 Å². The Balaban J connectivity index is 2.02. The lowest BCUT2D eigenvalue weighted by atomic mass is 10.1. The molecule has 3 aromatic rings. The summed E-state index contributed by atoms with van der Waals surface area (Å²) in [5.74, 6) is -3.28. The van der Waals surface area contributed by atoms with Crippen LogP contribution in [0.3, 0.4) is 0 Å². The zero-order valence-electron chi connectivity index (χ0n) is 16.6. The predicted octanol–water partition coefficient (Wildman–Crippen LogP) is 4.90. The van der Waals surface area contributed by atoms with Gasteiger partial charge in [-0.05, 0) is 36.9 Å². The minimum Gasteiger partial charge on any atom is -0.447 e. The van der Waals surface area contributed by atoms with Crippen molar-refractivity contribution in [3.8, 4) is 17.1 Å². The molecule has 1 aliphatic heterocycles. The molecule has 0 spiro atoms. The van der Waals surface area contributed by atoms with Gasteiger partial charge >= 0.3 is 0 Å². The zero-order valence-corrected chi connectivity index (χ0v) is 17.4. The summed E-state index contributed by atoms with van der Waals surface area (Å²) >= 11 is 1.20. The number of halogens is 3. The zero-order chi connectivity index (χ0) is 22.1. The summed E-state index contributed by atoms with van der Waals surface area (Å²) in [7, 11) is 0. The lowest BCUT2D eigenvalue weighted by Gasteiger charge is -2.31. The van der Waals surface area contributed by atoms with Gasteiger partial charge in [0.1, 0.15) is 5.82 Å². The van der Waals surface area contributed by atoms with Crippen molar-refractivity contribution in [2.24, 2.45) is 0 Å². The topological polar surface area (TPSA) is 68.2 Å². The number of ether oxygens (including phenoxy) is 1. The number of fused-ring (bicyclic) bond motifs is 3. The molecule has 2 heterocycles. The molecule has 6 nitrogen and oxygen atoms in total. The van der Waals surface area contributed by atoms with E-state index in [2.05, 4.69) is 15.2 Å². The van der Waals surface area contributed by atoms with Crippen molar-refractivity contribution in [2.45, 2.75) is 31.1 Å². The molecule has 1 aliphatic rings. The number of benzene rings is 2. The Kier molecular flexibility index (Phi) is 5.81. The summed E-state index contributed by atoms with van der Waals surface area (Å²) in [5.41, 5.74) is 0.351. The maximum atomic E-state index is 14.8. The number of hydrogen-bond donors (Lipinski definition) is 0. The Morgan fingerprint density at radius 3 is 2.74 bits per heavy atom. The number of nitrogens with zero attached hydrogens (tertiary/aromatic N) is 4. The number of aromatic nitrogens is 3. The third kappa shape index (κ3) is 3.83. The quantitative estimate of drug-likeness (QED) is 0.531. The van der Waals surface area contributed by atoms with Gasteiger partial charge < -0.3 is 4.74 Å². The van der Waals surface area contributed by atoms with E-state index in [1.807, 2.05) is 6.92 Å². The molecule has 1 aromatic heterocycles. The fourth-order valence-electron chi connectivity index (χ4n) is 3.34. The van der Waals surface area contributed by atoms with Crippen LogP contribution in [0, 0.1) is 17.5 Å². The summed E-state index contributed by atoms with van der Waals surface area (Å²) in [5, 5.41) is 8.35. The van der Waals surface area contributed by atoms with E-state index in [9.17, 15) is 18.0 Å². The van der Waals surface area contributed by atoms with Crippen molar-refractivity contribution in [3.05, 3.63) is 59.4 Å². The standard InChI is InChI=1S/C21H17F3N4O2S/c1-3-5-16(29)28-15-9-8-11(22)10-13(15)18-19(25-21(31-2)27-26-18)30-20(28)12-6-4-7-14(23)17(12)24/h4,6-10,20H,3,5H2,1-2H3/t20-/m0/s1. The van der Waals surface area contributed by atoms with Gasteiger partial charge in [-0.25, -0.2) is 13.2 Å². The molecule has 0 saturated heterocycles. The second kappa shape index (κ2) is 8.54. The third-order valence-corrected chi connectivity index (χ3v) is 5.27. The van der Waals surface area contributed by atoms with Crippen molar-refractivity contribution < 1.29 is 22.7 Å². The SMILES string of the molecule is CCCC(=O)N1c2ccc(F)cc2-c2nnc(SC)nc2O[C@H]1c1cccc(F)c1F. The molecule has 0 bridgehead atoms. The first-order valence-corrected chi connectivity index (χ1v) is 10.7. The maximum Gasteiger partial charge on any atom is 0.247 e. The predicted molar refractivity (Wildman–Crippen MR) is 109 cm³/mol. The molecular weight excluding hydrogens is 429 g/mol. The lowest BCUT2D eigenvalue weighted by Crippen LogP contribution is -2.38. The number of hydrogen-bond acceptors (Lipinski definition) is 6. The summed E-state index contributed by atoms with van der Waals surface area (Å²) in [6.45, 7) is 1.81. The monoisotopic (exact) mass is 446 g/mol. The van der Waals surface area contributed by atoms with Crippen molar-refractivity contribution in [1.29, 1.82) is 0 Å². The molecule has 0 radical (unpaired) electrons. The van der Waals surface area contributed by atoms with Crippen LogP contribution in [0.5, 0.6) is 5.88 Å². The first-order chi connectivity index (χ1) is 14.9. The highest BCUT2D eigenvalue weighted by Gasteiger charge is 2.37. The van der Waals surface area contributed by atoms with Crippen LogP contribution < -0.4 is 9.64 Å². The highest BCUT2D eigenvalue weighted by molar-refractivity contribution is 7.98. The third-order valence-electron chi connectivity index (χ3n) is 4.73. The average Bonchev–Trinajstić information content (AvgIpc) is 2.89. The number of rotatable bonds is 4. The van der Waals surface area contributed by atoms with E-state index in [0.29, 0.717) is 6.42 Å². The largest absolute Gasteiger partial charge is 0.447 e. The lowest BCUT2D eigenvalue weighted by molar-refractivity contribution is -0.120. The van der Waals surface area contributed by atoms with Gasteiger partial charge in [0.15, 0.2) is 17.3 Å². The van der Waals surface area contributed by atoms with Gasteiger partial charge in [-0.1, -0.05) is 30.8 Å². The fourth-order valence-corrected chi connectivity index (χ4v) is 3.64. The molecule has 160 valence electrons. The molecule has 4 rings (SSSR count). The number of thioether (sulfide) groups is 1. The Hall–Kier alpha value is -3.14. The van der Waals surface area contributed by atoms with E-state index < -0.39 is 29.6 Å². The van der Waals surface area contributed by atoms with E-state index in [-0.39, 0.29) is 40.0 Å². The van der Waals surface area contributed by atoms with Gasteiger partial charge in [0.2, 0.25) is 23.2 Å². The molecule has 0 aliphatic carbocycles. The van der Waals surface area contributed by atoms with E-state index in [4.69, 9.17) is 4.74 Å². The Morgan fingerprint density at radius 2 is 2.00 bits per heavy atom. The van der Waals surface area contributed by atoms with Crippen molar-refractivity contribution >= 4 is 23.4 Å². The molecule has 0 saturated carbocycles. The second-order valence-corrected chi connectivity index (χ2v) is 7.51. The number of anilines is 1. The molecule has 0 N–H and O–H groups in total. The van der Waals surface area contributed by atoms with Crippen molar-refractivity contribution in [3.63, 3.8) is 0 Å². The molecule has 2 aromatic carbocycles. The van der Waals surface area contributed by atoms with Crippen molar-refractivity contribution in [2.75, 3.05) is 11.2 Å². The van der Waals surface area contributed by atoms with E-state index in [1.54, 1.807) is 6.26 Å². The first-order valence-electron chi connectivity index (χ1n) is 9.45. The van der Waals surface area contributed by atoms with Crippen LogP contribution in [0.15, 0.2) is 41.6 Å². The number of carbonyl (C=O) groups excluding carboxylic acids is 1. The van der Waals surface area contributed by atoms with Crippen LogP contribution >= 0.6 is 11.8 Å². The number of carbonyl (C=O) groups is 1. The van der Waals surface area contributed by atoms with Gasteiger partial charge in [0, 0.05) is 12.0 Å². The molecular formula is C21H17F3N4O2S. The molecule has 0 fully saturated rings. The van der Waals surface area contributed by atoms with E-state index >= 15 is 0 Å². The molecule has 10 heteroatoms. The van der Waals surface area contributed by atoms with Gasteiger partial charge in [-0.3, -0.25) is 9.69 Å². The summed E-state index contributed by atoms with van der Waals surface area (Å²) in [6, 6.07) is 7.36. The normalized spacial score (nSPS) is 15.0. The average molecular weight is 446 g/mol. The first kappa shape index (κ1) is 21.1. The molecule has 1 amide bonds. The maximum absolute atomic E-state index is 14.8. The molecule has 0 unspecified atom stereocenters. The Morgan fingerprint density at radius 1 is 1.19 bits per heavy atom. The Labute approximate surface area is 180 Å².